The van der Waals surface area contributed by atoms with Gasteiger partial charge in [-0.1, -0.05) is 12.1 Å². The first kappa shape index (κ1) is 9.97. The van der Waals surface area contributed by atoms with Crippen molar-refractivity contribution in [2.45, 2.75) is 12.2 Å². The molecule has 15 heavy (non-hydrogen) atoms. The van der Waals surface area contributed by atoms with E-state index in [4.69, 9.17) is 10.00 Å². The minimum Gasteiger partial charge on any atom is -0.485 e. The predicted octanol–water partition coefficient (Wildman–Crippen LogP) is 0.270. The van der Waals surface area contributed by atoms with Crippen molar-refractivity contribution >= 4 is 0 Å². The molecule has 4 nitrogen and oxygen atoms in total. The second-order valence-electron chi connectivity index (χ2n) is 3.49. The average molecular weight is 204 g/mol. The van der Waals surface area contributed by atoms with Crippen LogP contribution in [0.15, 0.2) is 24.3 Å². The quantitative estimate of drug-likeness (QED) is 0.725. The number of hydrogen-bond donors (Lipinski definition) is 2. The van der Waals surface area contributed by atoms with Crippen LogP contribution in [0.25, 0.3) is 0 Å². The standard InChI is InChI=1S/C11H12N2O2/c12-5-8-3-1-2-4-10(8)15-11-7-13-6-9(11)14/h1-4,9,11,13-14H,6-7H2. The Kier molecular flexibility index (Phi) is 2.86. The fourth-order valence-corrected chi connectivity index (χ4v) is 1.59. The summed E-state index contributed by atoms with van der Waals surface area (Å²) in [6.07, 6.45) is -0.767. The Morgan fingerprint density at radius 2 is 2.20 bits per heavy atom. The zero-order valence-electron chi connectivity index (χ0n) is 8.18. The van der Waals surface area contributed by atoms with E-state index in [1.54, 1.807) is 18.2 Å². The van der Waals surface area contributed by atoms with Gasteiger partial charge in [0.15, 0.2) is 0 Å². The Balaban J connectivity index is 2.14. The smallest absolute Gasteiger partial charge is 0.138 e. The van der Waals surface area contributed by atoms with Gasteiger partial charge in [-0.05, 0) is 12.1 Å². The van der Waals surface area contributed by atoms with Gasteiger partial charge in [0.1, 0.15) is 24.0 Å². The van der Waals surface area contributed by atoms with E-state index in [0.29, 0.717) is 24.4 Å². The Morgan fingerprint density at radius 1 is 1.40 bits per heavy atom. The van der Waals surface area contributed by atoms with Crippen LogP contribution < -0.4 is 10.1 Å². The van der Waals surface area contributed by atoms with Gasteiger partial charge in [0, 0.05) is 13.1 Å². The maximum absolute atomic E-state index is 9.54. The molecule has 0 amide bonds. The number of aliphatic hydroxyl groups is 1. The van der Waals surface area contributed by atoms with E-state index in [0.717, 1.165) is 0 Å². The van der Waals surface area contributed by atoms with Crippen LogP contribution in [-0.2, 0) is 0 Å². The minimum absolute atomic E-state index is 0.264. The number of hydrogen-bond acceptors (Lipinski definition) is 4. The lowest BCUT2D eigenvalue weighted by Crippen LogP contribution is -2.30. The number of nitriles is 1. The van der Waals surface area contributed by atoms with Crippen molar-refractivity contribution < 1.29 is 9.84 Å². The van der Waals surface area contributed by atoms with Gasteiger partial charge in [0.2, 0.25) is 0 Å². The van der Waals surface area contributed by atoms with E-state index in [9.17, 15) is 5.11 Å². The number of nitrogens with one attached hydrogen (secondary N) is 1. The number of rotatable bonds is 2. The summed E-state index contributed by atoms with van der Waals surface area (Å²) in [5, 5.41) is 21.4. The summed E-state index contributed by atoms with van der Waals surface area (Å²) in [7, 11) is 0. The van der Waals surface area contributed by atoms with Crippen molar-refractivity contribution in [3.05, 3.63) is 29.8 Å². The normalized spacial score (nSPS) is 24.8. The van der Waals surface area contributed by atoms with Gasteiger partial charge in [-0.2, -0.15) is 5.26 Å². The zero-order chi connectivity index (χ0) is 10.7. The second kappa shape index (κ2) is 4.30. The Bertz CT molecular complexity index is 386. The molecule has 1 heterocycles. The van der Waals surface area contributed by atoms with E-state index in [-0.39, 0.29) is 6.10 Å². The number of β-amino-alcohol motifs (C(OH)–C–C–N with tert-alkyl or cyclic N) is 1. The first-order valence-electron chi connectivity index (χ1n) is 4.86. The minimum atomic E-state index is -0.503. The largest absolute Gasteiger partial charge is 0.485 e. The van der Waals surface area contributed by atoms with Crippen molar-refractivity contribution in [2.75, 3.05) is 13.1 Å². The highest BCUT2D eigenvalue weighted by molar-refractivity contribution is 5.42. The first-order chi connectivity index (χ1) is 7.31. The van der Waals surface area contributed by atoms with E-state index in [1.165, 1.54) is 0 Å². The molecule has 0 aromatic heterocycles. The maximum Gasteiger partial charge on any atom is 0.138 e. The zero-order valence-corrected chi connectivity index (χ0v) is 8.18. The highest BCUT2D eigenvalue weighted by atomic mass is 16.5. The number of nitrogens with zero attached hydrogens (tertiary/aromatic N) is 1. The van der Waals surface area contributed by atoms with Crippen molar-refractivity contribution in [2.24, 2.45) is 0 Å². The summed E-state index contributed by atoms with van der Waals surface area (Å²) in [4.78, 5) is 0. The van der Waals surface area contributed by atoms with Gasteiger partial charge in [-0.15, -0.1) is 0 Å². The molecule has 1 aromatic carbocycles. The van der Waals surface area contributed by atoms with Crippen LogP contribution in [-0.4, -0.2) is 30.4 Å². The molecule has 2 N–H and O–H groups in total. The van der Waals surface area contributed by atoms with Gasteiger partial charge in [-0.25, -0.2) is 0 Å². The van der Waals surface area contributed by atoms with E-state index in [2.05, 4.69) is 11.4 Å². The lowest BCUT2D eigenvalue weighted by molar-refractivity contribution is 0.0736. The molecule has 0 radical (unpaired) electrons. The number of aliphatic hydroxyl groups excluding tert-OH is 1. The number of para-hydroxylation sites is 1. The third-order valence-electron chi connectivity index (χ3n) is 2.41. The van der Waals surface area contributed by atoms with Crippen molar-refractivity contribution in [1.29, 1.82) is 5.26 Å². The molecule has 78 valence electrons. The number of benzene rings is 1. The third kappa shape index (κ3) is 2.09. The second-order valence-corrected chi connectivity index (χ2v) is 3.49. The molecule has 0 aliphatic carbocycles. The molecule has 1 fully saturated rings. The molecule has 0 spiro atoms. The molecule has 1 aliphatic rings. The van der Waals surface area contributed by atoms with Crippen LogP contribution in [0.1, 0.15) is 5.56 Å². The molecular formula is C11H12N2O2. The molecule has 1 aliphatic heterocycles. The molecule has 2 atom stereocenters. The van der Waals surface area contributed by atoms with Gasteiger partial charge in [0.25, 0.3) is 0 Å². The first-order valence-corrected chi connectivity index (χ1v) is 4.86. The molecule has 2 rings (SSSR count). The molecule has 0 bridgehead atoms. The van der Waals surface area contributed by atoms with E-state index in [1.807, 2.05) is 6.07 Å². The Labute approximate surface area is 88.1 Å². The topological polar surface area (TPSA) is 65.3 Å². The molecule has 0 saturated carbocycles. The lowest BCUT2D eigenvalue weighted by atomic mass is 10.2. The molecule has 1 aromatic rings. The highest BCUT2D eigenvalue weighted by Crippen LogP contribution is 2.19. The Morgan fingerprint density at radius 3 is 2.87 bits per heavy atom. The van der Waals surface area contributed by atoms with E-state index < -0.39 is 6.10 Å². The summed E-state index contributed by atoms with van der Waals surface area (Å²) in [5.41, 5.74) is 0.497. The molecular weight excluding hydrogens is 192 g/mol. The third-order valence-corrected chi connectivity index (χ3v) is 2.41. The molecule has 4 heteroatoms. The van der Waals surface area contributed by atoms with Crippen molar-refractivity contribution in [3.63, 3.8) is 0 Å². The fraction of sp³-hybridized carbons (Fsp3) is 0.364. The van der Waals surface area contributed by atoms with Crippen LogP contribution in [0, 0.1) is 11.3 Å². The van der Waals surface area contributed by atoms with E-state index >= 15 is 0 Å². The summed E-state index contributed by atoms with van der Waals surface area (Å²) < 4.78 is 5.57. The Hall–Kier alpha value is -1.57. The monoisotopic (exact) mass is 204 g/mol. The van der Waals surface area contributed by atoms with Crippen molar-refractivity contribution in [1.82, 2.24) is 5.32 Å². The van der Waals surface area contributed by atoms with Gasteiger partial charge >= 0.3 is 0 Å². The molecule has 1 saturated heterocycles. The number of ether oxygens (including phenoxy) is 1. The maximum atomic E-state index is 9.54. The van der Waals surface area contributed by atoms with Gasteiger partial charge < -0.3 is 15.2 Å². The fourth-order valence-electron chi connectivity index (χ4n) is 1.59. The summed E-state index contributed by atoms with van der Waals surface area (Å²) >= 11 is 0. The highest BCUT2D eigenvalue weighted by Gasteiger charge is 2.27. The van der Waals surface area contributed by atoms with Crippen LogP contribution >= 0.6 is 0 Å². The summed E-state index contributed by atoms with van der Waals surface area (Å²) in [6, 6.07) is 9.09. The summed E-state index contributed by atoms with van der Waals surface area (Å²) in [6.45, 7) is 1.15. The van der Waals surface area contributed by atoms with Crippen LogP contribution in [0.5, 0.6) is 5.75 Å². The lowest BCUT2D eigenvalue weighted by Gasteiger charge is -2.16. The van der Waals surface area contributed by atoms with Crippen LogP contribution in [0.2, 0.25) is 0 Å². The van der Waals surface area contributed by atoms with Gasteiger partial charge in [0.05, 0.1) is 5.56 Å². The van der Waals surface area contributed by atoms with Gasteiger partial charge in [-0.3, -0.25) is 0 Å². The van der Waals surface area contributed by atoms with Crippen LogP contribution in [0.4, 0.5) is 0 Å². The molecule has 2 unspecified atom stereocenters. The van der Waals surface area contributed by atoms with Crippen LogP contribution in [0.3, 0.4) is 0 Å². The SMILES string of the molecule is N#Cc1ccccc1OC1CNCC1O. The van der Waals surface area contributed by atoms with Crippen molar-refractivity contribution in [3.8, 4) is 11.8 Å². The summed E-state index contributed by atoms with van der Waals surface area (Å²) in [5.74, 6) is 0.535. The predicted molar refractivity (Wildman–Crippen MR) is 54.4 cm³/mol. The average Bonchev–Trinajstić information content (AvgIpc) is 2.65.